The topological polar surface area (TPSA) is 68.8 Å². The second kappa shape index (κ2) is 5.75. The predicted molar refractivity (Wildman–Crippen MR) is 70.6 cm³/mol. The van der Waals surface area contributed by atoms with E-state index in [9.17, 15) is 0 Å². The molecule has 0 bridgehead atoms. The lowest BCUT2D eigenvalue weighted by Crippen LogP contribution is -2.31. The smallest absolute Gasteiger partial charge is 0.138 e. The first-order valence-corrected chi connectivity index (χ1v) is 6.14. The van der Waals surface area contributed by atoms with E-state index < -0.39 is 0 Å². The first-order chi connectivity index (χ1) is 8.76. The van der Waals surface area contributed by atoms with E-state index in [-0.39, 0.29) is 6.04 Å². The summed E-state index contributed by atoms with van der Waals surface area (Å²) in [6.45, 7) is 4.96. The van der Waals surface area contributed by atoms with Gasteiger partial charge >= 0.3 is 0 Å². The van der Waals surface area contributed by atoms with Crippen molar-refractivity contribution in [2.45, 2.75) is 32.9 Å². The van der Waals surface area contributed by atoms with Gasteiger partial charge in [-0.1, -0.05) is 24.3 Å². The third-order valence-electron chi connectivity index (χ3n) is 3.15. The van der Waals surface area contributed by atoms with Gasteiger partial charge in [-0.25, -0.2) is 4.98 Å². The molecule has 1 heterocycles. The lowest BCUT2D eigenvalue weighted by Gasteiger charge is -2.18. The number of rotatable bonds is 5. The molecule has 0 radical (unpaired) electrons. The highest BCUT2D eigenvalue weighted by Gasteiger charge is 2.15. The van der Waals surface area contributed by atoms with Crippen molar-refractivity contribution in [3.63, 3.8) is 0 Å². The molecule has 2 aromatic rings. The molecule has 96 valence electrons. The van der Waals surface area contributed by atoms with Gasteiger partial charge in [0.05, 0.1) is 6.04 Å². The van der Waals surface area contributed by atoms with Crippen LogP contribution in [0.5, 0.6) is 0 Å². The molecule has 5 heteroatoms. The van der Waals surface area contributed by atoms with Gasteiger partial charge in [0.2, 0.25) is 0 Å². The highest BCUT2D eigenvalue weighted by Crippen LogP contribution is 2.20. The van der Waals surface area contributed by atoms with E-state index >= 15 is 0 Å². The first-order valence-electron chi connectivity index (χ1n) is 6.14. The van der Waals surface area contributed by atoms with Crippen molar-refractivity contribution in [3.05, 3.63) is 47.5 Å². The van der Waals surface area contributed by atoms with E-state index in [0.29, 0.717) is 0 Å². The molecule has 1 aromatic heterocycles. The zero-order valence-corrected chi connectivity index (χ0v) is 10.8. The summed E-state index contributed by atoms with van der Waals surface area (Å²) in [6, 6.07) is 8.29. The monoisotopic (exact) mass is 245 g/mol. The number of hydrazine groups is 1. The summed E-state index contributed by atoms with van der Waals surface area (Å²) in [6.07, 6.45) is 2.32. The number of nitrogens with two attached hydrogens (primary N) is 1. The fraction of sp³-hybridized carbons (Fsp3) is 0.385. The van der Waals surface area contributed by atoms with Crippen LogP contribution in [0.3, 0.4) is 0 Å². The Balaban J connectivity index is 2.23. The third kappa shape index (κ3) is 2.57. The molecule has 0 spiro atoms. The Morgan fingerprint density at radius 3 is 2.83 bits per heavy atom. The Hall–Kier alpha value is -1.72. The molecular weight excluding hydrogens is 226 g/mol. The van der Waals surface area contributed by atoms with Crippen LogP contribution in [-0.2, 0) is 13.0 Å². The maximum absolute atomic E-state index is 5.67. The lowest BCUT2D eigenvalue weighted by molar-refractivity contribution is 0.508. The van der Waals surface area contributed by atoms with Crippen LogP contribution in [0, 0.1) is 6.92 Å². The molecule has 18 heavy (non-hydrogen) atoms. The van der Waals surface area contributed by atoms with E-state index in [0.717, 1.165) is 18.8 Å². The van der Waals surface area contributed by atoms with Gasteiger partial charge in [0.25, 0.3) is 0 Å². The summed E-state index contributed by atoms with van der Waals surface area (Å²) in [4.78, 5) is 4.29. The summed E-state index contributed by atoms with van der Waals surface area (Å²) >= 11 is 0. The van der Waals surface area contributed by atoms with Crippen LogP contribution in [0.4, 0.5) is 0 Å². The summed E-state index contributed by atoms with van der Waals surface area (Å²) in [7, 11) is 0. The van der Waals surface area contributed by atoms with E-state index in [2.05, 4.69) is 41.5 Å². The van der Waals surface area contributed by atoms with Crippen LogP contribution in [-0.4, -0.2) is 14.8 Å². The molecule has 0 fully saturated rings. The van der Waals surface area contributed by atoms with Crippen LogP contribution < -0.4 is 11.3 Å². The molecule has 0 amide bonds. The van der Waals surface area contributed by atoms with Crippen LogP contribution >= 0.6 is 0 Å². The molecule has 1 atom stereocenters. The van der Waals surface area contributed by atoms with Crippen molar-refractivity contribution < 1.29 is 0 Å². The number of hydrogen-bond donors (Lipinski definition) is 2. The molecule has 0 aliphatic rings. The van der Waals surface area contributed by atoms with Crippen molar-refractivity contribution in [1.29, 1.82) is 0 Å². The molecule has 1 unspecified atom stereocenters. The van der Waals surface area contributed by atoms with Crippen molar-refractivity contribution in [3.8, 4) is 0 Å². The van der Waals surface area contributed by atoms with Gasteiger partial charge in [0, 0.05) is 13.0 Å². The molecule has 0 saturated heterocycles. The van der Waals surface area contributed by atoms with Crippen LogP contribution in [0.25, 0.3) is 0 Å². The standard InChI is InChI=1S/C13H19N5/c1-3-18-13(15-9-16-18)8-12(17-14)11-7-5-4-6-10(11)2/h4-7,9,12,17H,3,8,14H2,1-2H3. The van der Waals surface area contributed by atoms with Gasteiger partial charge in [0.15, 0.2) is 0 Å². The van der Waals surface area contributed by atoms with E-state index in [1.165, 1.54) is 11.1 Å². The number of aromatic nitrogens is 3. The Morgan fingerprint density at radius 2 is 2.17 bits per heavy atom. The second-order valence-corrected chi connectivity index (χ2v) is 4.27. The number of benzene rings is 1. The summed E-state index contributed by atoms with van der Waals surface area (Å²) in [5.41, 5.74) is 5.29. The SMILES string of the molecule is CCn1ncnc1CC(NN)c1ccccc1C. The largest absolute Gasteiger partial charge is 0.271 e. The van der Waals surface area contributed by atoms with Crippen molar-refractivity contribution in [2.75, 3.05) is 0 Å². The van der Waals surface area contributed by atoms with E-state index in [1.807, 2.05) is 16.8 Å². The average Bonchev–Trinajstić information content (AvgIpc) is 2.84. The van der Waals surface area contributed by atoms with Gasteiger partial charge in [0.1, 0.15) is 12.2 Å². The first kappa shape index (κ1) is 12.7. The Labute approximate surface area is 107 Å². The van der Waals surface area contributed by atoms with Crippen LogP contribution in [0.15, 0.2) is 30.6 Å². The number of nitrogens with one attached hydrogen (secondary N) is 1. The minimum Gasteiger partial charge on any atom is -0.271 e. The summed E-state index contributed by atoms with van der Waals surface area (Å²) < 4.78 is 1.89. The Bertz CT molecular complexity index is 506. The molecule has 3 N–H and O–H groups in total. The van der Waals surface area contributed by atoms with E-state index in [4.69, 9.17) is 5.84 Å². The fourth-order valence-corrected chi connectivity index (χ4v) is 2.13. The maximum atomic E-state index is 5.67. The van der Waals surface area contributed by atoms with Crippen molar-refractivity contribution in [2.24, 2.45) is 5.84 Å². The average molecular weight is 245 g/mol. The quantitative estimate of drug-likeness (QED) is 0.616. The molecule has 0 saturated carbocycles. The van der Waals surface area contributed by atoms with E-state index in [1.54, 1.807) is 6.33 Å². The summed E-state index contributed by atoms with van der Waals surface area (Å²) in [5, 5.41) is 4.18. The van der Waals surface area contributed by atoms with Crippen molar-refractivity contribution in [1.82, 2.24) is 20.2 Å². The van der Waals surface area contributed by atoms with Crippen molar-refractivity contribution >= 4 is 0 Å². The minimum atomic E-state index is 0.0562. The number of hydrogen-bond acceptors (Lipinski definition) is 4. The fourth-order valence-electron chi connectivity index (χ4n) is 2.13. The van der Waals surface area contributed by atoms with Gasteiger partial charge in [-0.2, -0.15) is 5.10 Å². The molecular formula is C13H19N5. The van der Waals surface area contributed by atoms with Crippen LogP contribution in [0.2, 0.25) is 0 Å². The number of nitrogens with zero attached hydrogens (tertiary/aromatic N) is 3. The predicted octanol–water partition coefficient (Wildman–Crippen LogP) is 1.35. The van der Waals surface area contributed by atoms with Gasteiger partial charge in [-0.05, 0) is 25.0 Å². The zero-order valence-electron chi connectivity index (χ0n) is 10.8. The maximum Gasteiger partial charge on any atom is 0.138 e. The number of aryl methyl sites for hydroxylation is 2. The third-order valence-corrected chi connectivity index (χ3v) is 3.15. The molecule has 2 rings (SSSR count). The zero-order chi connectivity index (χ0) is 13.0. The van der Waals surface area contributed by atoms with Gasteiger partial charge in [-0.3, -0.25) is 16.0 Å². The normalized spacial score (nSPS) is 12.6. The highest BCUT2D eigenvalue weighted by molar-refractivity contribution is 5.29. The summed E-state index contributed by atoms with van der Waals surface area (Å²) in [5.74, 6) is 6.62. The molecule has 0 aliphatic heterocycles. The molecule has 0 aliphatic carbocycles. The van der Waals surface area contributed by atoms with Gasteiger partial charge in [-0.15, -0.1) is 0 Å². The highest BCUT2D eigenvalue weighted by atomic mass is 15.3. The second-order valence-electron chi connectivity index (χ2n) is 4.27. The lowest BCUT2D eigenvalue weighted by atomic mass is 9.99. The molecule has 5 nitrogen and oxygen atoms in total. The van der Waals surface area contributed by atoms with Crippen LogP contribution in [0.1, 0.15) is 29.9 Å². The Kier molecular flexibility index (Phi) is 4.07. The Morgan fingerprint density at radius 1 is 1.39 bits per heavy atom. The van der Waals surface area contributed by atoms with Gasteiger partial charge < -0.3 is 0 Å². The minimum absolute atomic E-state index is 0.0562. The molecule has 1 aromatic carbocycles.